The van der Waals surface area contributed by atoms with Crippen molar-refractivity contribution in [2.75, 3.05) is 6.54 Å². The molecule has 1 unspecified atom stereocenters. The van der Waals surface area contributed by atoms with Crippen molar-refractivity contribution in [3.05, 3.63) is 52.3 Å². The molecule has 102 valence electrons. The normalized spacial score (nSPS) is 12.6. The number of benzene rings is 1. The summed E-state index contributed by atoms with van der Waals surface area (Å²) in [5, 5.41) is 3.36. The minimum absolute atomic E-state index is 0.105. The topological polar surface area (TPSA) is 29.9 Å². The number of aryl methyl sites for hydroxylation is 1. The minimum Gasteiger partial charge on any atom is -0.334 e. The first-order valence-electron chi connectivity index (χ1n) is 6.36. The zero-order valence-electron chi connectivity index (χ0n) is 11.0. The zero-order chi connectivity index (χ0) is 13.8. The number of nitrogens with zero attached hydrogens (tertiary/aromatic N) is 2. The molecule has 0 saturated carbocycles. The number of rotatable bonds is 5. The molecule has 0 bridgehead atoms. The van der Waals surface area contributed by atoms with Gasteiger partial charge >= 0.3 is 0 Å². The van der Waals surface area contributed by atoms with Crippen LogP contribution in [-0.4, -0.2) is 16.1 Å². The van der Waals surface area contributed by atoms with E-state index in [1.807, 2.05) is 19.2 Å². The molecule has 2 aromatic rings. The lowest BCUT2D eigenvalue weighted by Crippen LogP contribution is -2.25. The third-order valence-corrected chi connectivity index (χ3v) is 3.43. The van der Waals surface area contributed by atoms with Gasteiger partial charge in [-0.1, -0.05) is 22.9 Å². The second-order valence-electron chi connectivity index (χ2n) is 4.26. The summed E-state index contributed by atoms with van der Waals surface area (Å²) in [6.07, 6.45) is 3.71. The quantitative estimate of drug-likeness (QED) is 0.911. The lowest BCUT2D eigenvalue weighted by Gasteiger charge is -2.19. The summed E-state index contributed by atoms with van der Waals surface area (Å²) in [5.41, 5.74) is 0.870. The number of hydrogen-bond donors (Lipinski definition) is 1. The van der Waals surface area contributed by atoms with Crippen molar-refractivity contribution in [1.82, 2.24) is 14.9 Å². The van der Waals surface area contributed by atoms with Gasteiger partial charge in [0.15, 0.2) is 0 Å². The predicted molar refractivity (Wildman–Crippen MR) is 77.5 cm³/mol. The summed E-state index contributed by atoms with van der Waals surface area (Å²) in [5.74, 6) is 0.656. The van der Waals surface area contributed by atoms with Crippen LogP contribution in [0.2, 0.25) is 0 Å². The fourth-order valence-electron chi connectivity index (χ4n) is 2.15. The maximum Gasteiger partial charge on any atom is 0.130 e. The second-order valence-corrected chi connectivity index (χ2v) is 5.18. The van der Waals surface area contributed by atoms with Gasteiger partial charge < -0.3 is 9.88 Å². The van der Waals surface area contributed by atoms with Gasteiger partial charge in [-0.15, -0.1) is 0 Å². The Balaban J connectivity index is 2.45. The molecule has 1 N–H and O–H groups in total. The van der Waals surface area contributed by atoms with Gasteiger partial charge in [-0.25, -0.2) is 9.37 Å². The first-order chi connectivity index (χ1) is 9.15. The van der Waals surface area contributed by atoms with Gasteiger partial charge in [-0.2, -0.15) is 0 Å². The maximum absolute atomic E-state index is 13.6. The van der Waals surface area contributed by atoms with Crippen molar-refractivity contribution in [2.45, 2.75) is 26.4 Å². The van der Waals surface area contributed by atoms with Crippen molar-refractivity contribution in [1.29, 1.82) is 0 Å². The molecule has 0 spiro atoms. The Kier molecular flexibility index (Phi) is 4.71. The number of aromatic nitrogens is 2. The molecule has 1 aromatic heterocycles. The Morgan fingerprint density at radius 3 is 2.79 bits per heavy atom. The molecule has 0 fully saturated rings. The van der Waals surface area contributed by atoms with Crippen molar-refractivity contribution >= 4 is 15.9 Å². The average molecular weight is 326 g/mol. The van der Waals surface area contributed by atoms with Crippen LogP contribution in [-0.2, 0) is 6.54 Å². The predicted octanol–water partition coefficient (Wildman–Crippen LogP) is 3.50. The molecule has 0 amide bonds. The first kappa shape index (κ1) is 14.2. The number of hydrogen-bond acceptors (Lipinski definition) is 2. The molecule has 3 nitrogen and oxygen atoms in total. The Labute approximate surface area is 121 Å². The highest BCUT2D eigenvalue weighted by Gasteiger charge is 2.18. The van der Waals surface area contributed by atoms with Gasteiger partial charge in [-0.3, -0.25) is 0 Å². The number of halogens is 2. The van der Waals surface area contributed by atoms with E-state index in [0.29, 0.717) is 0 Å². The van der Waals surface area contributed by atoms with Crippen LogP contribution in [0, 0.1) is 5.82 Å². The summed E-state index contributed by atoms with van der Waals surface area (Å²) < 4.78 is 16.4. The average Bonchev–Trinajstić information content (AvgIpc) is 2.82. The second kappa shape index (κ2) is 6.30. The molecule has 1 heterocycles. The summed E-state index contributed by atoms with van der Waals surface area (Å²) in [7, 11) is 0. The maximum atomic E-state index is 13.6. The van der Waals surface area contributed by atoms with Crippen LogP contribution in [0.25, 0.3) is 0 Å². The highest BCUT2D eigenvalue weighted by Crippen LogP contribution is 2.25. The smallest absolute Gasteiger partial charge is 0.130 e. The largest absolute Gasteiger partial charge is 0.334 e. The Hall–Kier alpha value is -1.20. The van der Waals surface area contributed by atoms with Crippen LogP contribution < -0.4 is 5.32 Å². The Morgan fingerprint density at radius 2 is 2.16 bits per heavy atom. The van der Waals surface area contributed by atoms with Crippen LogP contribution in [0.4, 0.5) is 4.39 Å². The molecule has 1 aromatic carbocycles. The minimum atomic E-state index is -0.248. The summed E-state index contributed by atoms with van der Waals surface area (Å²) in [6.45, 7) is 5.72. The van der Waals surface area contributed by atoms with Crippen molar-refractivity contribution in [2.24, 2.45) is 0 Å². The van der Waals surface area contributed by atoms with E-state index < -0.39 is 0 Å². The molecule has 0 saturated heterocycles. The van der Waals surface area contributed by atoms with E-state index in [1.165, 1.54) is 6.07 Å². The lowest BCUT2D eigenvalue weighted by molar-refractivity contribution is 0.552. The molecule has 2 rings (SSSR count). The van der Waals surface area contributed by atoms with Crippen molar-refractivity contribution in [3.63, 3.8) is 0 Å². The number of imidazole rings is 1. The fraction of sp³-hybridized carbons (Fsp3) is 0.357. The van der Waals surface area contributed by atoms with Crippen LogP contribution in [0.3, 0.4) is 0 Å². The molecular formula is C14H17BrFN3. The van der Waals surface area contributed by atoms with Gasteiger partial charge in [-0.05, 0) is 37.2 Å². The van der Waals surface area contributed by atoms with E-state index in [-0.39, 0.29) is 11.9 Å². The fourth-order valence-corrected chi connectivity index (χ4v) is 2.64. The van der Waals surface area contributed by atoms with E-state index >= 15 is 0 Å². The Bertz CT molecular complexity index is 533. The monoisotopic (exact) mass is 325 g/mol. The number of nitrogens with one attached hydrogen (secondary N) is 1. The SMILES string of the molecule is CCNC(c1cc(F)cc(Br)c1)c1nccn1CC. The summed E-state index contributed by atoms with van der Waals surface area (Å²) in [4.78, 5) is 4.40. The Morgan fingerprint density at radius 1 is 1.37 bits per heavy atom. The zero-order valence-corrected chi connectivity index (χ0v) is 12.6. The van der Waals surface area contributed by atoms with Crippen LogP contribution >= 0.6 is 15.9 Å². The molecule has 1 atom stereocenters. The van der Waals surface area contributed by atoms with Gasteiger partial charge in [0.25, 0.3) is 0 Å². The van der Waals surface area contributed by atoms with Crippen molar-refractivity contribution in [3.8, 4) is 0 Å². The van der Waals surface area contributed by atoms with Gasteiger partial charge in [0.1, 0.15) is 11.6 Å². The van der Waals surface area contributed by atoms with Crippen molar-refractivity contribution < 1.29 is 4.39 Å². The van der Waals surface area contributed by atoms with E-state index in [2.05, 4.69) is 37.7 Å². The highest BCUT2D eigenvalue weighted by molar-refractivity contribution is 9.10. The highest BCUT2D eigenvalue weighted by atomic mass is 79.9. The molecule has 0 aliphatic rings. The molecule has 0 radical (unpaired) electrons. The molecule has 0 aliphatic carbocycles. The standard InChI is InChI=1S/C14H17BrFN3/c1-3-17-13(14-18-5-6-19(14)4-2)10-7-11(15)9-12(16)8-10/h5-9,13,17H,3-4H2,1-2H3. The molecular weight excluding hydrogens is 309 g/mol. The van der Waals surface area contributed by atoms with Crippen LogP contribution in [0.5, 0.6) is 0 Å². The third kappa shape index (κ3) is 3.22. The van der Waals surface area contributed by atoms with Gasteiger partial charge in [0.05, 0.1) is 6.04 Å². The lowest BCUT2D eigenvalue weighted by atomic mass is 10.1. The van der Waals surface area contributed by atoms with Gasteiger partial charge in [0.2, 0.25) is 0 Å². The van der Waals surface area contributed by atoms with E-state index in [9.17, 15) is 4.39 Å². The molecule has 0 aliphatic heterocycles. The van der Waals surface area contributed by atoms with E-state index in [1.54, 1.807) is 12.3 Å². The van der Waals surface area contributed by atoms with Crippen LogP contribution in [0.1, 0.15) is 31.3 Å². The molecule has 5 heteroatoms. The van der Waals surface area contributed by atoms with E-state index in [0.717, 1.165) is 29.0 Å². The van der Waals surface area contributed by atoms with Gasteiger partial charge in [0, 0.05) is 23.4 Å². The molecule has 19 heavy (non-hydrogen) atoms. The van der Waals surface area contributed by atoms with E-state index in [4.69, 9.17) is 0 Å². The first-order valence-corrected chi connectivity index (χ1v) is 7.15. The summed E-state index contributed by atoms with van der Waals surface area (Å²) >= 11 is 3.34. The van der Waals surface area contributed by atoms with Crippen LogP contribution in [0.15, 0.2) is 35.1 Å². The third-order valence-electron chi connectivity index (χ3n) is 2.97. The summed E-state index contributed by atoms with van der Waals surface area (Å²) in [6, 6.07) is 4.82.